The number of halogens is 4. The van der Waals surface area contributed by atoms with Gasteiger partial charge in [0, 0.05) is 25.9 Å². The summed E-state index contributed by atoms with van der Waals surface area (Å²) < 4.78 is 69.8. The third-order valence-electron chi connectivity index (χ3n) is 9.56. The number of nitrogens with zero attached hydrogens (tertiary/aromatic N) is 4. The monoisotopic (exact) mass is 718 g/mol. The van der Waals surface area contributed by atoms with E-state index in [1.165, 1.54) is 0 Å². The molecular formula is C38H38F4N6O4. The van der Waals surface area contributed by atoms with Crippen LogP contribution in [0.5, 0.6) is 11.5 Å². The van der Waals surface area contributed by atoms with Gasteiger partial charge < -0.3 is 29.9 Å². The van der Waals surface area contributed by atoms with Crippen molar-refractivity contribution in [1.82, 2.24) is 20.6 Å². The second kappa shape index (κ2) is 14.0. The topological polar surface area (TPSA) is 109 Å². The number of carbonyl (C=O) groups excluding carboxylic acids is 2. The fourth-order valence-corrected chi connectivity index (χ4v) is 6.92. The molecule has 52 heavy (non-hydrogen) atoms. The number of amides is 2. The van der Waals surface area contributed by atoms with E-state index in [1.807, 2.05) is 12.1 Å². The second-order valence-electron chi connectivity index (χ2n) is 13.4. The minimum Gasteiger partial charge on any atom is -0.484 e. The number of aromatic nitrogens is 2. The molecule has 2 aromatic heterocycles. The lowest BCUT2D eigenvalue weighted by atomic mass is 10.0. The van der Waals surface area contributed by atoms with Crippen molar-refractivity contribution >= 4 is 23.5 Å². The van der Waals surface area contributed by atoms with Crippen molar-refractivity contribution in [2.75, 3.05) is 36.0 Å². The van der Waals surface area contributed by atoms with Crippen LogP contribution < -0.4 is 29.9 Å². The zero-order valence-electron chi connectivity index (χ0n) is 28.7. The van der Waals surface area contributed by atoms with Crippen molar-refractivity contribution in [3.63, 3.8) is 0 Å². The molecule has 2 N–H and O–H groups in total. The summed E-state index contributed by atoms with van der Waals surface area (Å²) >= 11 is 0. The van der Waals surface area contributed by atoms with Crippen LogP contribution in [0.3, 0.4) is 0 Å². The molecule has 4 aliphatic rings. The van der Waals surface area contributed by atoms with Crippen LogP contribution in [0.25, 0.3) is 0 Å². The van der Waals surface area contributed by atoms with Gasteiger partial charge in [-0.1, -0.05) is 36.4 Å². The molecule has 4 aromatic rings. The molecule has 4 aliphatic heterocycles. The SMILES string of the molecule is Cc1cc2c(nc1N1CC[C@@H](Oc3ccccc3)C(F)(F)C1)CNC2=O.Cc1cc2c(nc1N1CC[C@H](Oc3ccccc3)C(F)(F)C1)CNC2=O. The smallest absolute Gasteiger partial charge is 0.301 e. The summed E-state index contributed by atoms with van der Waals surface area (Å²) in [4.78, 5) is 35.6. The molecule has 6 heterocycles. The number of anilines is 2. The summed E-state index contributed by atoms with van der Waals surface area (Å²) in [5, 5.41) is 5.41. The summed E-state index contributed by atoms with van der Waals surface area (Å²) in [7, 11) is 0. The highest BCUT2D eigenvalue weighted by atomic mass is 19.3. The average molecular weight is 719 g/mol. The molecule has 2 aromatic carbocycles. The fraction of sp³-hybridized carbons (Fsp3) is 0.368. The number of piperidine rings is 2. The van der Waals surface area contributed by atoms with Gasteiger partial charge in [-0.3, -0.25) is 9.59 Å². The van der Waals surface area contributed by atoms with Gasteiger partial charge in [0.25, 0.3) is 11.8 Å². The molecule has 2 saturated heterocycles. The van der Waals surface area contributed by atoms with Crippen LogP contribution in [-0.2, 0) is 13.1 Å². The maximum absolute atomic E-state index is 14.7. The summed E-state index contributed by atoms with van der Waals surface area (Å²) in [6, 6.07) is 20.8. The van der Waals surface area contributed by atoms with Gasteiger partial charge in [0.2, 0.25) is 0 Å². The number of ether oxygens (including phenoxy) is 2. The van der Waals surface area contributed by atoms with Gasteiger partial charge in [0.1, 0.15) is 23.1 Å². The summed E-state index contributed by atoms with van der Waals surface area (Å²) in [6.45, 7) is 4.17. The second-order valence-corrected chi connectivity index (χ2v) is 13.4. The molecule has 0 radical (unpaired) electrons. The number of pyridine rings is 2. The molecule has 0 saturated carbocycles. The molecule has 14 heteroatoms. The Morgan fingerprint density at radius 1 is 0.654 bits per heavy atom. The zero-order valence-corrected chi connectivity index (χ0v) is 28.7. The maximum Gasteiger partial charge on any atom is 0.301 e. The molecule has 272 valence electrons. The van der Waals surface area contributed by atoms with Gasteiger partial charge in [-0.15, -0.1) is 0 Å². The lowest BCUT2D eigenvalue weighted by molar-refractivity contribution is -0.102. The van der Waals surface area contributed by atoms with E-state index < -0.39 is 37.1 Å². The fourth-order valence-electron chi connectivity index (χ4n) is 6.92. The molecule has 2 fully saturated rings. The largest absolute Gasteiger partial charge is 0.484 e. The molecule has 0 unspecified atom stereocenters. The number of para-hydroxylation sites is 2. The first-order valence-electron chi connectivity index (χ1n) is 17.1. The minimum atomic E-state index is -3.00. The first-order valence-corrected chi connectivity index (χ1v) is 17.1. The van der Waals surface area contributed by atoms with Crippen molar-refractivity contribution < 1.29 is 36.6 Å². The highest BCUT2D eigenvalue weighted by molar-refractivity contribution is 5.98. The number of hydrogen-bond donors (Lipinski definition) is 2. The number of hydrogen-bond acceptors (Lipinski definition) is 8. The number of fused-ring (bicyclic) bond motifs is 2. The van der Waals surface area contributed by atoms with E-state index in [0.29, 0.717) is 71.8 Å². The van der Waals surface area contributed by atoms with E-state index in [9.17, 15) is 27.2 Å². The Hall–Kier alpha value is -5.40. The first kappa shape index (κ1) is 35.0. The summed E-state index contributed by atoms with van der Waals surface area (Å²) in [5.41, 5.74) is 3.72. The molecule has 2 atom stereocenters. The van der Waals surface area contributed by atoms with E-state index in [1.54, 1.807) is 84.3 Å². The lowest BCUT2D eigenvalue weighted by Crippen LogP contribution is -2.54. The predicted molar refractivity (Wildman–Crippen MR) is 186 cm³/mol. The molecule has 0 aliphatic carbocycles. The van der Waals surface area contributed by atoms with Crippen LogP contribution in [-0.4, -0.2) is 72.0 Å². The van der Waals surface area contributed by atoms with Gasteiger partial charge in [-0.2, -0.15) is 0 Å². The number of aryl methyl sites for hydroxylation is 2. The zero-order chi connectivity index (χ0) is 36.6. The Morgan fingerprint density at radius 3 is 1.40 bits per heavy atom. The highest BCUT2D eigenvalue weighted by Crippen LogP contribution is 2.36. The maximum atomic E-state index is 14.7. The third kappa shape index (κ3) is 7.19. The lowest BCUT2D eigenvalue weighted by Gasteiger charge is -2.39. The normalized spacial score (nSPS) is 21.3. The summed E-state index contributed by atoms with van der Waals surface area (Å²) in [5.74, 6) is -4.42. The summed E-state index contributed by atoms with van der Waals surface area (Å²) in [6.07, 6.45) is -1.95. The van der Waals surface area contributed by atoms with Crippen molar-refractivity contribution in [3.05, 3.63) is 106 Å². The van der Waals surface area contributed by atoms with Crippen molar-refractivity contribution in [2.24, 2.45) is 0 Å². The first-order chi connectivity index (χ1) is 24.9. The highest BCUT2D eigenvalue weighted by Gasteiger charge is 2.48. The van der Waals surface area contributed by atoms with Gasteiger partial charge in [-0.05, 0) is 61.4 Å². The quantitative estimate of drug-likeness (QED) is 0.239. The molecule has 0 bridgehead atoms. The van der Waals surface area contributed by atoms with Crippen molar-refractivity contribution in [2.45, 2.75) is 63.8 Å². The van der Waals surface area contributed by atoms with E-state index >= 15 is 0 Å². The molecule has 2 amide bonds. The van der Waals surface area contributed by atoms with E-state index in [2.05, 4.69) is 20.6 Å². The van der Waals surface area contributed by atoms with Crippen LogP contribution in [0, 0.1) is 13.8 Å². The van der Waals surface area contributed by atoms with Crippen LogP contribution >= 0.6 is 0 Å². The molecular weight excluding hydrogens is 680 g/mol. The number of benzene rings is 2. The Labute approximate surface area is 298 Å². The van der Waals surface area contributed by atoms with Gasteiger partial charge in [0.05, 0.1) is 48.7 Å². The van der Waals surface area contributed by atoms with Gasteiger partial charge in [0.15, 0.2) is 12.2 Å². The molecule has 10 nitrogen and oxygen atoms in total. The van der Waals surface area contributed by atoms with Gasteiger partial charge in [-0.25, -0.2) is 27.5 Å². The average Bonchev–Trinajstić information content (AvgIpc) is 3.67. The number of nitrogens with one attached hydrogen (secondary N) is 2. The van der Waals surface area contributed by atoms with Crippen LogP contribution in [0.1, 0.15) is 56.1 Å². The van der Waals surface area contributed by atoms with E-state index in [0.717, 1.165) is 11.1 Å². The van der Waals surface area contributed by atoms with Crippen LogP contribution in [0.4, 0.5) is 29.2 Å². The van der Waals surface area contributed by atoms with Gasteiger partial charge >= 0.3 is 11.8 Å². The van der Waals surface area contributed by atoms with Crippen LogP contribution in [0.15, 0.2) is 72.8 Å². The van der Waals surface area contributed by atoms with Crippen molar-refractivity contribution in [1.29, 1.82) is 0 Å². The van der Waals surface area contributed by atoms with E-state index in [-0.39, 0.29) is 24.7 Å². The molecule has 8 rings (SSSR count). The minimum absolute atomic E-state index is 0.164. The predicted octanol–water partition coefficient (Wildman–Crippen LogP) is 5.85. The Morgan fingerprint density at radius 2 is 1.04 bits per heavy atom. The Balaban J connectivity index is 0.000000162. The van der Waals surface area contributed by atoms with Crippen molar-refractivity contribution in [3.8, 4) is 11.5 Å². The standard InChI is InChI=1S/2C19H19F2N3O2/c2*1-12-9-14-15(10-22-18(14)25)23-17(12)24-8-7-16(19(20,21)11-24)26-13-5-3-2-4-6-13/h2*2-6,9,16H,7-8,10-11H2,1H3,(H,22,25)/t2*16-/m10/s1. The Kier molecular flexibility index (Phi) is 9.40. The molecule has 0 spiro atoms. The number of carbonyl (C=O) groups is 2. The third-order valence-corrected chi connectivity index (χ3v) is 9.56. The van der Waals surface area contributed by atoms with E-state index in [4.69, 9.17) is 9.47 Å². The Bertz CT molecular complexity index is 1830. The van der Waals surface area contributed by atoms with Crippen LogP contribution in [0.2, 0.25) is 0 Å². The number of alkyl halides is 4. The number of rotatable bonds is 6.